The summed E-state index contributed by atoms with van der Waals surface area (Å²) in [6, 6.07) is 10.6. The van der Waals surface area contributed by atoms with Gasteiger partial charge < -0.3 is 15.4 Å². The third-order valence-electron chi connectivity index (χ3n) is 3.69. The molecular weight excluding hydrogens is 294 g/mol. The molecule has 2 N–H and O–H groups in total. The number of nitrogens with zero attached hydrogens (tertiary/aromatic N) is 1. The molecule has 1 aromatic heterocycles. The van der Waals surface area contributed by atoms with Crippen molar-refractivity contribution in [3.05, 3.63) is 47.7 Å². The summed E-state index contributed by atoms with van der Waals surface area (Å²) in [4.78, 5) is 29.1. The maximum atomic E-state index is 12.6. The summed E-state index contributed by atoms with van der Waals surface area (Å²) in [6.45, 7) is 5.17. The van der Waals surface area contributed by atoms with Crippen LogP contribution in [0.5, 0.6) is 5.75 Å². The molecule has 0 radical (unpaired) electrons. The van der Waals surface area contributed by atoms with E-state index in [1.165, 1.54) is 6.92 Å². The molecule has 6 nitrogen and oxygen atoms in total. The summed E-state index contributed by atoms with van der Waals surface area (Å²) < 4.78 is 5.70. The Morgan fingerprint density at radius 2 is 2.04 bits per heavy atom. The van der Waals surface area contributed by atoms with Crippen molar-refractivity contribution < 1.29 is 14.3 Å². The number of amides is 2. The first-order valence-corrected chi connectivity index (χ1v) is 7.25. The Bertz CT molecular complexity index is 803. The van der Waals surface area contributed by atoms with Crippen LogP contribution in [0.1, 0.15) is 18.2 Å². The summed E-state index contributed by atoms with van der Waals surface area (Å²) >= 11 is 0. The number of fused-ring (bicyclic) bond motifs is 1. The number of benzene rings is 1. The normalized spacial score (nSPS) is 19.3. The number of hydrogen-bond donors (Lipinski definition) is 2. The third kappa shape index (κ3) is 2.75. The second-order valence-electron chi connectivity index (χ2n) is 5.71. The van der Waals surface area contributed by atoms with E-state index in [9.17, 15) is 9.59 Å². The summed E-state index contributed by atoms with van der Waals surface area (Å²) in [5.41, 5.74) is 0.662. The quantitative estimate of drug-likeness (QED) is 0.835. The SMILES string of the molecule is Cc1ccc2c(c1)NC(=O)[C@](C)(C(=O)Nc1cccc(C)n1)O2. The van der Waals surface area contributed by atoms with E-state index < -0.39 is 17.4 Å². The largest absolute Gasteiger partial charge is 0.466 e. The Morgan fingerprint density at radius 1 is 1.26 bits per heavy atom. The monoisotopic (exact) mass is 311 g/mol. The minimum absolute atomic E-state index is 0.377. The highest BCUT2D eigenvalue weighted by Crippen LogP contribution is 2.34. The van der Waals surface area contributed by atoms with Crippen molar-refractivity contribution in [1.82, 2.24) is 4.98 Å². The van der Waals surface area contributed by atoms with E-state index in [1.807, 2.05) is 26.0 Å². The highest BCUT2D eigenvalue weighted by Gasteiger charge is 2.47. The van der Waals surface area contributed by atoms with Gasteiger partial charge in [0.2, 0.25) is 0 Å². The Morgan fingerprint density at radius 3 is 2.78 bits per heavy atom. The van der Waals surface area contributed by atoms with Gasteiger partial charge in [-0.2, -0.15) is 0 Å². The average Bonchev–Trinajstić information content (AvgIpc) is 2.49. The van der Waals surface area contributed by atoms with Gasteiger partial charge in [-0.05, 0) is 50.6 Å². The first kappa shape index (κ1) is 15.0. The predicted molar refractivity (Wildman–Crippen MR) is 86.4 cm³/mol. The molecular formula is C17H17N3O3. The molecule has 23 heavy (non-hydrogen) atoms. The van der Waals surface area contributed by atoms with Crippen molar-refractivity contribution in [3.63, 3.8) is 0 Å². The van der Waals surface area contributed by atoms with Gasteiger partial charge in [-0.15, -0.1) is 0 Å². The maximum absolute atomic E-state index is 12.6. The molecule has 0 bridgehead atoms. The second-order valence-corrected chi connectivity index (χ2v) is 5.71. The minimum atomic E-state index is -1.66. The highest BCUT2D eigenvalue weighted by atomic mass is 16.5. The summed E-state index contributed by atoms with van der Waals surface area (Å²) in [6.07, 6.45) is 0. The van der Waals surface area contributed by atoms with E-state index >= 15 is 0 Å². The van der Waals surface area contributed by atoms with Crippen molar-refractivity contribution in [3.8, 4) is 5.75 Å². The molecule has 0 unspecified atom stereocenters. The number of pyridine rings is 1. The lowest BCUT2D eigenvalue weighted by molar-refractivity contribution is -0.143. The van der Waals surface area contributed by atoms with Crippen LogP contribution in [0.4, 0.5) is 11.5 Å². The number of aryl methyl sites for hydroxylation is 2. The van der Waals surface area contributed by atoms with Crippen molar-refractivity contribution in [2.75, 3.05) is 10.6 Å². The molecule has 0 saturated carbocycles. The van der Waals surface area contributed by atoms with Gasteiger partial charge in [0.15, 0.2) is 0 Å². The number of rotatable bonds is 2. The summed E-state index contributed by atoms with van der Waals surface area (Å²) in [7, 11) is 0. The van der Waals surface area contributed by atoms with Crippen molar-refractivity contribution in [2.24, 2.45) is 0 Å². The van der Waals surface area contributed by atoms with Crippen molar-refractivity contribution in [1.29, 1.82) is 0 Å². The van der Waals surface area contributed by atoms with Crippen LogP contribution in [0.3, 0.4) is 0 Å². The van der Waals surface area contributed by atoms with E-state index in [0.29, 0.717) is 17.3 Å². The highest BCUT2D eigenvalue weighted by molar-refractivity contribution is 6.18. The molecule has 0 fully saturated rings. The van der Waals surface area contributed by atoms with Crippen LogP contribution in [0.2, 0.25) is 0 Å². The molecule has 1 atom stereocenters. The van der Waals surface area contributed by atoms with Crippen LogP contribution in [-0.4, -0.2) is 22.4 Å². The molecule has 1 aliphatic heterocycles. The van der Waals surface area contributed by atoms with Gasteiger partial charge in [-0.3, -0.25) is 9.59 Å². The zero-order valence-corrected chi connectivity index (χ0v) is 13.1. The van der Waals surface area contributed by atoms with E-state index in [0.717, 1.165) is 11.3 Å². The van der Waals surface area contributed by atoms with E-state index in [2.05, 4.69) is 15.6 Å². The van der Waals surface area contributed by atoms with Crippen LogP contribution >= 0.6 is 0 Å². The third-order valence-corrected chi connectivity index (χ3v) is 3.69. The van der Waals surface area contributed by atoms with Crippen LogP contribution < -0.4 is 15.4 Å². The number of hydrogen-bond acceptors (Lipinski definition) is 4. The lowest BCUT2D eigenvalue weighted by Gasteiger charge is -2.33. The molecule has 0 saturated heterocycles. The fourth-order valence-electron chi connectivity index (χ4n) is 2.34. The minimum Gasteiger partial charge on any atom is -0.466 e. The Labute approximate surface area is 133 Å². The molecule has 0 spiro atoms. The van der Waals surface area contributed by atoms with Gasteiger partial charge in [-0.1, -0.05) is 12.1 Å². The van der Waals surface area contributed by atoms with Gasteiger partial charge in [-0.25, -0.2) is 4.98 Å². The van der Waals surface area contributed by atoms with Crippen LogP contribution in [0.15, 0.2) is 36.4 Å². The zero-order valence-electron chi connectivity index (χ0n) is 13.1. The lowest BCUT2D eigenvalue weighted by atomic mass is 10.0. The molecule has 6 heteroatoms. The molecule has 1 aliphatic rings. The summed E-state index contributed by atoms with van der Waals surface area (Å²) in [5.74, 6) is -0.243. The van der Waals surface area contributed by atoms with Crippen molar-refractivity contribution in [2.45, 2.75) is 26.4 Å². The number of carbonyl (C=O) groups excluding carboxylic acids is 2. The number of anilines is 2. The average molecular weight is 311 g/mol. The van der Waals surface area contributed by atoms with Crippen LogP contribution in [0.25, 0.3) is 0 Å². The molecule has 3 rings (SSSR count). The summed E-state index contributed by atoms with van der Waals surface area (Å²) in [5, 5.41) is 5.35. The smallest absolute Gasteiger partial charge is 0.279 e. The number of carbonyl (C=O) groups is 2. The van der Waals surface area contributed by atoms with Gasteiger partial charge >= 0.3 is 0 Å². The fraction of sp³-hybridized carbons (Fsp3) is 0.235. The predicted octanol–water partition coefficient (Wildman–Crippen LogP) is 2.43. The number of ether oxygens (including phenoxy) is 1. The van der Waals surface area contributed by atoms with Crippen LogP contribution in [0, 0.1) is 13.8 Å². The van der Waals surface area contributed by atoms with Gasteiger partial charge in [0, 0.05) is 5.69 Å². The standard InChI is InChI=1S/C17H17N3O3/c1-10-7-8-13-12(9-10)19-15(21)17(3,23-13)16(22)20-14-6-4-5-11(2)18-14/h4-9H,1-3H3,(H,19,21)(H,18,20,22)/t17-/m1/s1. The topological polar surface area (TPSA) is 80.3 Å². The first-order chi connectivity index (χ1) is 10.9. The fourth-order valence-corrected chi connectivity index (χ4v) is 2.34. The van der Waals surface area contributed by atoms with Crippen LogP contribution in [-0.2, 0) is 9.59 Å². The van der Waals surface area contributed by atoms with E-state index in [1.54, 1.807) is 24.3 Å². The number of aromatic nitrogens is 1. The van der Waals surface area contributed by atoms with Gasteiger partial charge in [0.25, 0.3) is 17.4 Å². The number of nitrogens with one attached hydrogen (secondary N) is 2. The Balaban J connectivity index is 1.87. The van der Waals surface area contributed by atoms with Gasteiger partial charge in [0.1, 0.15) is 11.6 Å². The molecule has 1 aromatic carbocycles. The Hall–Kier alpha value is -2.89. The first-order valence-electron chi connectivity index (χ1n) is 7.25. The van der Waals surface area contributed by atoms with Crippen molar-refractivity contribution >= 4 is 23.3 Å². The molecule has 2 aromatic rings. The molecule has 0 aliphatic carbocycles. The Kier molecular flexibility index (Phi) is 3.52. The lowest BCUT2D eigenvalue weighted by Crippen LogP contribution is -2.56. The second kappa shape index (κ2) is 5.39. The van der Waals surface area contributed by atoms with E-state index in [-0.39, 0.29) is 0 Å². The molecule has 2 heterocycles. The maximum Gasteiger partial charge on any atom is 0.279 e. The van der Waals surface area contributed by atoms with E-state index in [4.69, 9.17) is 4.74 Å². The van der Waals surface area contributed by atoms with Gasteiger partial charge in [0.05, 0.1) is 5.69 Å². The molecule has 2 amide bonds. The zero-order chi connectivity index (χ0) is 16.6. The molecule has 118 valence electrons.